The molecule has 10 heteroatoms. The molecule has 1 atom stereocenters. The van der Waals surface area contributed by atoms with Crippen LogP contribution >= 0.6 is 0 Å². The zero-order chi connectivity index (χ0) is 20.5. The maximum absolute atomic E-state index is 13.5. The van der Waals surface area contributed by atoms with E-state index in [0.717, 1.165) is 6.07 Å². The molecule has 3 N–H and O–H groups in total. The summed E-state index contributed by atoms with van der Waals surface area (Å²) in [4.78, 5) is 37.5. The molecule has 4 rings (SSSR count). The number of benzene rings is 1. The second-order valence-electron chi connectivity index (χ2n) is 7.14. The van der Waals surface area contributed by atoms with Gasteiger partial charge in [-0.05, 0) is 36.6 Å². The average Bonchev–Trinajstić information content (AvgIpc) is 3.13. The largest absolute Gasteiger partial charge is 0.364 e. The molecule has 1 saturated carbocycles. The molecular weight excluding hydrogens is 384 g/mol. The van der Waals surface area contributed by atoms with E-state index in [9.17, 15) is 18.4 Å². The Kier molecular flexibility index (Phi) is 5.10. The molecule has 0 bridgehead atoms. The summed E-state index contributed by atoms with van der Waals surface area (Å²) in [5.74, 6) is -2.27. The van der Waals surface area contributed by atoms with Crippen LogP contribution in [-0.2, 0) is 9.63 Å². The molecule has 29 heavy (non-hydrogen) atoms. The number of hydrogen-bond acceptors (Lipinski definition) is 6. The van der Waals surface area contributed by atoms with E-state index in [4.69, 9.17) is 10.6 Å². The minimum Gasteiger partial charge on any atom is -0.364 e. The first-order valence-corrected chi connectivity index (χ1v) is 9.22. The highest BCUT2D eigenvalue weighted by Crippen LogP contribution is 2.37. The van der Waals surface area contributed by atoms with Crippen molar-refractivity contribution < 1.29 is 23.2 Å². The summed E-state index contributed by atoms with van der Waals surface area (Å²) < 4.78 is 27.1. The standard InChI is InChI=1S/C19H19F2N5O3/c20-12-5-10(6-13(21)9-12)16-2-4-29-26(16)18(28)11-7-14(8-11)24-19-23-3-1-15(25-19)17(22)27/h1,3,5-6,9,11,14,16H,2,4,7-8H2,(H2,22,27)(H,23,24,25)/t11-,14+,16-/m0/s1. The van der Waals surface area contributed by atoms with Crippen LogP contribution in [-0.4, -0.2) is 39.5 Å². The molecule has 2 aliphatic rings. The molecule has 8 nitrogen and oxygen atoms in total. The molecule has 0 spiro atoms. The summed E-state index contributed by atoms with van der Waals surface area (Å²) in [5.41, 5.74) is 5.68. The lowest BCUT2D eigenvalue weighted by Crippen LogP contribution is -2.46. The molecule has 1 aromatic heterocycles. The van der Waals surface area contributed by atoms with Crippen LogP contribution < -0.4 is 11.1 Å². The van der Waals surface area contributed by atoms with E-state index < -0.39 is 23.6 Å². The summed E-state index contributed by atoms with van der Waals surface area (Å²) in [6.45, 7) is 0.302. The minimum atomic E-state index is -0.689. The number of primary amides is 1. The molecule has 152 valence electrons. The Balaban J connectivity index is 1.37. The Bertz CT molecular complexity index is 931. The first-order valence-electron chi connectivity index (χ1n) is 9.22. The van der Waals surface area contributed by atoms with Crippen LogP contribution in [0.2, 0.25) is 0 Å². The number of halogens is 2. The molecule has 0 radical (unpaired) electrons. The highest BCUT2D eigenvalue weighted by Gasteiger charge is 2.42. The normalized spacial score (nSPS) is 23.5. The lowest BCUT2D eigenvalue weighted by Gasteiger charge is -2.37. The molecule has 1 aromatic carbocycles. The van der Waals surface area contributed by atoms with Gasteiger partial charge in [0.25, 0.3) is 5.91 Å². The third kappa shape index (κ3) is 4.02. The van der Waals surface area contributed by atoms with Crippen LogP contribution in [0.1, 0.15) is 41.4 Å². The zero-order valence-corrected chi connectivity index (χ0v) is 15.3. The lowest BCUT2D eigenvalue weighted by molar-refractivity contribution is -0.184. The van der Waals surface area contributed by atoms with Crippen molar-refractivity contribution in [1.29, 1.82) is 0 Å². The number of amides is 2. The van der Waals surface area contributed by atoms with Gasteiger partial charge in [-0.25, -0.2) is 23.8 Å². The fourth-order valence-electron chi connectivity index (χ4n) is 3.62. The van der Waals surface area contributed by atoms with Crippen LogP contribution in [0.5, 0.6) is 0 Å². The quantitative estimate of drug-likeness (QED) is 0.790. The Morgan fingerprint density at radius 2 is 1.93 bits per heavy atom. The van der Waals surface area contributed by atoms with Crippen molar-refractivity contribution in [1.82, 2.24) is 15.0 Å². The molecule has 2 fully saturated rings. The van der Waals surface area contributed by atoms with Gasteiger partial charge in [-0.3, -0.25) is 14.4 Å². The van der Waals surface area contributed by atoms with Crippen molar-refractivity contribution in [2.45, 2.75) is 31.3 Å². The predicted molar refractivity (Wildman–Crippen MR) is 97.2 cm³/mol. The van der Waals surface area contributed by atoms with Gasteiger partial charge in [0.05, 0.1) is 12.6 Å². The van der Waals surface area contributed by atoms with Gasteiger partial charge in [0.1, 0.15) is 17.3 Å². The molecule has 0 unspecified atom stereocenters. The maximum atomic E-state index is 13.5. The van der Waals surface area contributed by atoms with Gasteiger partial charge >= 0.3 is 0 Å². The lowest BCUT2D eigenvalue weighted by atomic mass is 9.79. The Labute approximate surface area is 165 Å². The van der Waals surface area contributed by atoms with Crippen molar-refractivity contribution in [3.8, 4) is 0 Å². The Morgan fingerprint density at radius 1 is 1.21 bits per heavy atom. The van der Waals surface area contributed by atoms with Gasteiger partial charge in [-0.1, -0.05) is 0 Å². The van der Waals surface area contributed by atoms with Gasteiger partial charge in [0.2, 0.25) is 11.9 Å². The number of aromatic nitrogens is 2. The number of rotatable bonds is 5. The average molecular weight is 403 g/mol. The van der Waals surface area contributed by atoms with Gasteiger partial charge in [-0.15, -0.1) is 0 Å². The smallest absolute Gasteiger partial charge is 0.267 e. The van der Waals surface area contributed by atoms with Crippen LogP contribution in [0.25, 0.3) is 0 Å². The SMILES string of the molecule is NC(=O)c1ccnc(N[C@H]2C[C@@H](C(=O)N3OCC[C@H]3c3cc(F)cc(F)c3)C2)n1. The molecular formula is C19H19F2N5O3. The summed E-state index contributed by atoms with van der Waals surface area (Å²) in [6.07, 6.45) is 2.94. The zero-order valence-electron chi connectivity index (χ0n) is 15.3. The van der Waals surface area contributed by atoms with Crippen LogP contribution in [0.4, 0.5) is 14.7 Å². The molecule has 1 aliphatic carbocycles. The summed E-state index contributed by atoms with van der Waals surface area (Å²) >= 11 is 0. The molecule has 2 aromatic rings. The number of hydroxylamine groups is 2. The second kappa shape index (κ2) is 7.70. The molecule has 2 heterocycles. The van der Waals surface area contributed by atoms with E-state index in [-0.39, 0.29) is 29.5 Å². The third-order valence-electron chi connectivity index (χ3n) is 5.12. The molecule has 1 aliphatic heterocycles. The summed E-state index contributed by atoms with van der Waals surface area (Å²) in [6, 6.07) is 4.09. The van der Waals surface area contributed by atoms with E-state index in [0.29, 0.717) is 31.4 Å². The van der Waals surface area contributed by atoms with Crippen molar-refractivity contribution in [2.75, 3.05) is 11.9 Å². The van der Waals surface area contributed by atoms with Gasteiger partial charge in [-0.2, -0.15) is 0 Å². The highest BCUT2D eigenvalue weighted by atomic mass is 19.1. The number of anilines is 1. The Morgan fingerprint density at radius 3 is 2.62 bits per heavy atom. The minimum absolute atomic E-state index is 0.0419. The Hall–Kier alpha value is -3.14. The van der Waals surface area contributed by atoms with Gasteiger partial charge < -0.3 is 11.1 Å². The van der Waals surface area contributed by atoms with E-state index in [1.807, 2.05) is 0 Å². The number of carbonyl (C=O) groups excluding carboxylic acids is 2. The van der Waals surface area contributed by atoms with Crippen molar-refractivity contribution in [2.24, 2.45) is 11.7 Å². The number of nitrogens with one attached hydrogen (secondary N) is 1. The van der Waals surface area contributed by atoms with Crippen LogP contribution in [0.15, 0.2) is 30.5 Å². The van der Waals surface area contributed by atoms with Crippen LogP contribution in [0.3, 0.4) is 0 Å². The third-order valence-corrected chi connectivity index (χ3v) is 5.12. The highest BCUT2D eigenvalue weighted by molar-refractivity contribution is 5.90. The maximum Gasteiger partial charge on any atom is 0.267 e. The van der Waals surface area contributed by atoms with Gasteiger partial charge in [0.15, 0.2) is 0 Å². The van der Waals surface area contributed by atoms with E-state index in [2.05, 4.69) is 15.3 Å². The monoisotopic (exact) mass is 403 g/mol. The van der Waals surface area contributed by atoms with Crippen LogP contribution in [0, 0.1) is 17.6 Å². The van der Waals surface area contributed by atoms with Gasteiger partial charge in [0, 0.05) is 30.6 Å². The first kappa shape index (κ1) is 19.2. The molecule has 1 saturated heterocycles. The first-order chi connectivity index (χ1) is 13.9. The second-order valence-corrected chi connectivity index (χ2v) is 7.14. The topological polar surface area (TPSA) is 110 Å². The summed E-state index contributed by atoms with van der Waals surface area (Å²) in [5, 5.41) is 4.30. The van der Waals surface area contributed by atoms with Crippen molar-refractivity contribution in [3.63, 3.8) is 0 Å². The van der Waals surface area contributed by atoms with E-state index in [1.165, 1.54) is 29.5 Å². The summed E-state index contributed by atoms with van der Waals surface area (Å²) in [7, 11) is 0. The number of carbonyl (C=O) groups is 2. The van der Waals surface area contributed by atoms with Crippen molar-refractivity contribution in [3.05, 3.63) is 53.4 Å². The number of nitrogens with zero attached hydrogens (tertiary/aromatic N) is 3. The van der Waals surface area contributed by atoms with E-state index >= 15 is 0 Å². The van der Waals surface area contributed by atoms with E-state index in [1.54, 1.807) is 0 Å². The number of nitrogens with two attached hydrogens (primary N) is 1. The fraction of sp³-hybridized carbons (Fsp3) is 0.368. The van der Waals surface area contributed by atoms with Crippen molar-refractivity contribution >= 4 is 17.8 Å². The molecule has 2 amide bonds. The predicted octanol–water partition coefficient (Wildman–Crippen LogP) is 1.95. The number of hydrogen-bond donors (Lipinski definition) is 2. The fourth-order valence-corrected chi connectivity index (χ4v) is 3.62.